The first-order valence-corrected chi connectivity index (χ1v) is 10.9. The minimum absolute atomic E-state index is 0.188. The maximum Gasteiger partial charge on any atom is 0.194 e. The summed E-state index contributed by atoms with van der Waals surface area (Å²) >= 11 is 0. The van der Waals surface area contributed by atoms with Crippen LogP contribution in [-0.4, -0.2) is 23.1 Å². The molecule has 36 heavy (non-hydrogen) atoms. The molecular formula is C28H20N4O4. The van der Waals surface area contributed by atoms with Crippen LogP contribution in [0.5, 0.6) is 0 Å². The molecule has 0 unspecified atom stereocenters. The van der Waals surface area contributed by atoms with Crippen molar-refractivity contribution in [2.75, 3.05) is 22.9 Å². The van der Waals surface area contributed by atoms with Gasteiger partial charge in [-0.1, -0.05) is 0 Å². The summed E-state index contributed by atoms with van der Waals surface area (Å²) in [4.78, 5) is 49.1. The van der Waals surface area contributed by atoms with Gasteiger partial charge in [-0.3, -0.25) is 19.2 Å². The molecule has 2 aliphatic rings. The van der Waals surface area contributed by atoms with Gasteiger partial charge in [-0.25, -0.2) is 0 Å². The minimum Gasteiger partial charge on any atom is -0.399 e. The highest BCUT2D eigenvalue weighted by Gasteiger charge is 2.30. The topological polar surface area (TPSA) is 172 Å². The number of anilines is 4. The third-order valence-electron chi connectivity index (χ3n) is 6.13. The van der Waals surface area contributed by atoms with Gasteiger partial charge in [0, 0.05) is 67.3 Å². The highest BCUT2D eigenvalue weighted by Crippen LogP contribution is 2.31. The molecule has 0 spiro atoms. The summed E-state index contributed by atoms with van der Waals surface area (Å²) < 4.78 is 0. The molecule has 8 N–H and O–H groups in total. The largest absolute Gasteiger partial charge is 0.399 e. The molecule has 0 fully saturated rings. The summed E-state index contributed by atoms with van der Waals surface area (Å²) in [5.41, 5.74) is 27.4. The number of rotatable bonds is 0. The van der Waals surface area contributed by atoms with Crippen LogP contribution in [0.4, 0.5) is 22.7 Å². The normalized spacial score (nSPS) is 13.1. The van der Waals surface area contributed by atoms with E-state index in [4.69, 9.17) is 22.9 Å². The molecule has 4 aromatic carbocycles. The van der Waals surface area contributed by atoms with E-state index in [1.807, 2.05) is 0 Å². The number of ketones is 4. The van der Waals surface area contributed by atoms with E-state index in [2.05, 4.69) is 0 Å². The van der Waals surface area contributed by atoms with Gasteiger partial charge in [0.2, 0.25) is 0 Å². The van der Waals surface area contributed by atoms with E-state index in [1.54, 1.807) is 48.5 Å². The zero-order chi connectivity index (χ0) is 25.7. The first-order chi connectivity index (χ1) is 17.2. The number of hydrogen-bond donors (Lipinski definition) is 4. The van der Waals surface area contributed by atoms with Crippen molar-refractivity contribution in [1.82, 2.24) is 0 Å². The van der Waals surface area contributed by atoms with E-state index >= 15 is 0 Å². The van der Waals surface area contributed by atoms with Crippen molar-refractivity contribution in [2.45, 2.75) is 0 Å². The van der Waals surface area contributed by atoms with E-state index in [1.165, 1.54) is 24.3 Å². The molecule has 0 saturated carbocycles. The smallest absolute Gasteiger partial charge is 0.194 e. The fourth-order valence-electron chi connectivity index (χ4n) is 4.37. The number of carbonyl (C=O) groups is 4. The van der Waals surface area contributed by atoms with Crippen LogP contribution in [0.15, 0.2) is 72.8 Å². The van der Waals surface area contributed by atoms with Gasteiger partial charge in [0.05, 0.1) is 0 Å². The van der Waals surface area contributed by atoms with Crippen LogP contribution < -0.4 is 22.9 Å². The highest BCUT2D eigenvalue weighted by molar-refractivity contribution is 6.29. The van der Waals surface area contributed by atoms with E-state index in [9.17, 15) is 19.2 Å². The SMILES string of the molecule is Nc1ccc2c(c1)C(=O)c1ccc(N)cc1C2=O.Nc1ccc2c(c1)C(=O)c1ccc(N)cc1C2=O. The summed E-state index contributed by atoms with van der Waals surface area (Å²) in [6.45, 7) is 0. The Kier molecular flexibility index (Phi) is 5.14. The predicted molar refractivity (Wildman–Crippen MR) is 137 cm³/mol. The fraction of sp³-hybridized carbons (Fsp3) is 0. The molecule has 0 bridgehead atoms. The van der Waals surface area contributed by atoms with Crippen LogP contribution in [0.1, 0.15) is 63.7 Å². The summed E-state index contributed by atoms with van der Waals surface area (Å²) in [5.74, 6) is -0.752. The van der Waals surface area contributed by atoms with Crippen molar-refractivity contribution in [3.63, 3.8) is 0 Å². The number of carbonyl (C=O) groups excluding carboxylic acids is 4. The number of nitrogens with two attached hydrogens (primary N) is 4. The average Bonchev–Trinajstić information content (AvgIpc) is 2.86. The van der Waals surface area contributed by atoms with Crippen molar-refractivity contribution in [3.05, 3.63) is 117 Å². The van der Waals surface area contributed by atoms with E-state index < -0.39 is 0 Å². The summed E-state index contributed by atoms with van der Waals surface area (Å²) in [7, 11) is 0. The standard InChI is InChI=1S/2C14H10N2O2/c2*15-7-1-3-9-11(5-7)14(18)10-4-2-8(16)6-12(10)13(9)17/h2*1-6H,15-16H2. The second-order valence-electron chi connectivity index (χ2n) is 8.54. The second kappa shape index (κ2) is 8.21. The Morgan fingerprint density at radius 3 is 0.694 bits per heavy atom. The van der Waals surface area contributed by atoms with Crippen LogP contribution in [0.3, 0.4) is 0 Å². The summed E-state index contributed by atoms with van der Waals surface area (Å²) in [5, 5.41) is 0. The zero-order valence-corrected chi connectivity index (χ0v) is 18.9. The van der Waals surface area contributed by atoms with Crippen LogP contribution in [0.2, 0.25) is 0 Å². The number of fused-ring (bicyclic) bond motifs is 4. The highest BCUT2D eigenvalue weighted by atomic mass is 16.1. The van der Waals surface area contributed by atoms with Crippen LogP contribution in [0.25, 0.3) is 0 Å². The minimum atomic E-state index is -0.188. The van der Waals surface area contributed by atoms with Gasteiger partial charge in [0.25, 0.3) is 0 Å². The maximum atomic E-state index is 12.3. The fourth-order valence-corrected chi connectivity index (χ4v) is 4.37. The summed E-state index contributed by atoms with van der Waals surface area (Å²) in [6.07, 6.45) is 0. The molecule has 0 aromatic heterocycles. The lowest BCUT2D eigenvalue weighted by Crippen LogP contribution is -2.21. The van der Waals surface area contributed by atoms with Gasteiger partial charge in [0.15, 0.2) is 23.1 Å². The summed E-state index contributed by atoms with van der Waals surface area (Å²) in [6, 6.07) is 18.9. The van der Waals surface area contributed by atoms with Gasteiger partial charge in [0.1, 0.15) is 0 Å². The van der Waals surface area contributed by atoms with Crippen LogP contribution in [-0.2, 0) is 0 Å². The molecule has 6 rings (SSSR count). The Hall–Kier alpha value is -5.24. The number of hydrogen-bond acceptors (Lipinski definition) is 8. The molecule has 2 aliphatic carbocycles. The molecule has 0 aliphatic heterocycles. The average molecular weight is 476 g/mol. The van der Waals surface area contributed by atoms with E-state index in [-0.39, 0.29) is 23.1 Å². The van der Waals surface area contributed by atoms with Crippen molar-refractivity contribution < 1.29 is 19.2 Å². The Bertz CT molecular complexity index is 1410. The van der Waals surface area contributed by atoms with Crippen LogP contribution in [0, 0.1) is 0 Å². The molecule has 0 heterocycles. The zero-order valence-electron chi connectivity index (χ0n) is 18.9. The first kappa shape index (κ1) is 22.5. The lowest BCUT2D eigenvalue weighted by Gasteiger charge is -2.17. The lowest BCUT2D eigenvalue weighted by atomic mass is 9.83. The molecule has 8 nitrogen and oxygen atoms in total. The monoisotopic (exact) mass is 476 g/mol. The lowest BCUT2D eigenvalue weighted by molar-refractivity contribution is 0.0979. The molecule has 0 atom stereocenters. The van der Waals surface area contributed by atoms with Gasteiger partial charge >= 0.3 is 0 Å². The number of nitrogen functional groups attached to an aromatic ring is 4. The second-order valence-corrected chi connectivity index (χ2v) is 8.54. The van der Waals surface area contributed by atoms with Crippen molar-refractivity contribution in [1.29, 1.82) is 0 Å². The maximum absolute atomic E-state index is 12.3. The Labute approximate surface area is 205 Å². The van der Waals surface area contributed by atoms with Crippen molar-refractivity contribution >= 4 is 45.9 Å². The third-order valence-corrected chi connectivity index (χ3v) is 6.13. The first-order valence-electron chi connectivity index (χ1n) is 10.9. The molecule has 0 saturated heterocycles. The van der Waals surface area contributed by atoms with Gasteiger partial charge in [-0.05, 0) is 72.8 Å². The molecule has 4 aromatic rings. The Morgan fingerprint density at radius 2 is 0.500 bits per heavy atom. The van der Waals surface area contributed by atoms with E-state index in [0.29, 0.717) is 67.3 Å². The Balaban J connectivity index is 0.000000148. The molecule has 0 radical (unpaired) electrons. The Morgan fingerprint density at radius 1 is 0.306 bits per heavy atom. The van der Waals surface area contributed by atoms with Gasteiger partial charge < -0.3 is 22.9 Å². The van der Waals surface area contributed by atoms with Crippen molar-refractivity contribution in [2.24, 2.45) is 0 Å². The third kappa shape index (κ3) is 3.57. The predicted octanol–water partition coefficient (Wildman–Crippen LogP) is 3.25. The van der Waals surface area contributed by atoms with Crippen molar-refractivity contribution in [3.8, 4) is 0 Å². The van der Waals surface area contributed by atoms with Gasteiger partial charge in [-0.2, -0.15) is 0 Å². The number of benzene rings is 4. The molecular weight excluding hydrogens is 456 g/mol. The quantitative estimate of drug-likeness (QED) is 0.242. The molecule has 0 amide bonds. The van der Waals surface area contributed by atoms with Crippen LogP contribution >= 0.6 is 0 Å². The molecule has 8 heteroatoms. The van der Waals surface area contributed by atoms with E-state index in [0.717, 1.165) is 0 Å². The van der Waals surface area contributed by atoms with Gasteiger partial charge in [-0.15, -0.1) is 0 Å². The molecule has 176 valence electrons.